The molecular weight excluding hydrogens is 340 g/mol. The molecule has 0 unspecified atom stereocenters. The van der Waals surface area contributed by atoms with Crippen LogP contribution in [0.4, 0.5) is 0 Å². The highest BCUT2D eigenvalue weighted by Crippen LogP contribution is 2.32. The minimum atomic E-state index is 0.0247. The third-order valence-electron chi connectivity index (χ3n) is 3.96. The molecule has 3 rings (SSSR count). The van der Waals surface area contributed by atoms with Crippen LogP contribution in [0.15, 0.2) is 42.5 Å². The summed E-state index contributed by atoms with van der Waals surface area (Å²) in [6.07, 6.45) is 1.36. The first kappa shape index (κ1) is 17.6. The molecule has 132 valence electrons. The third kappa shape index (κ3) is 5.37. The SMILES string of the molecule is O=C(CCNCCc1ccc(Cl)cc1)NCc1ccc2c(c1)OCO2. The van der Waals surface area contributed by atoms with Crippen LogP contribution in [0.25, 0.3) is 0 Å². The zero-order valence-corrected chi connectivity index (χ0v) is 14.6. The first-order valence-corrected chi connectivity index (χ1v) is 8.69. The molecule has 0 aromatic heterocycles. The molecule has 2 N–H and O–H groups in total. The minimum absolute atomic E-state index is 0.0247. The summed E-state index contributed by atoms with van der Waals surface area (Å²) in [7, 11) is 0. The topological polar surface area (TPSA) is 59.6 Å². The number of fused-ring (bicyclic) bond motifs is 1. The molecule has 0 bridgehead atoms. The third-order valence-corrected chi connectivity index (χ3v) is 4.21. The highest BCUT2D eigenvalue weighted by molar-refractivity contribution is 6.30. The predicted octanol–water partition coefficient (Wildman–Crippen LogP) is 2.91. The Morgan fingerprint density at radius 1 is 1.00 bits per heavy atom. The first-order chi connectivity index (χ1) is 12.2. The van der Waals surface area contributed by atoms with Gasteiger partial charge in [-0.1, -0.05) is 29.8 Å². The van der Waals surface area contributed by atoms with Crippen molar-refractivity contribution in [1.29, 1.82) is 0 Å². The van der Waals surface area contributed by atoms with Crippen molar-refractivity contribution >= 4 is 17.5 Å². The number of benzene rings is 2. The van der Waals surface area contributed by atoms with Crippen molar-refractivity contribution < 1.29 is 14.3 Å². The summed E-state index contributed by atoms with van der Waals surface area (Å²) in [5.41, 5.74) is 2.22. The van der Waals surface area contributed by atoms with Gasteiger partial charge < -0.3 is 20.1 Å². The van der Waals surface area contributed by atoms with E-state index >= 15 is 0 Å². The van der Waals surface area contributed by atoms with E-state index in [0.29, 0.717) is 19.5 Å². The number of amides is 1. The van der Waals surface area contributed by atoms with E-state index in [-0.39, 0.29) is 12.7 Å². The van der Waals surface area contributed by atoms with Crippen LogP contribution in [0.5, 0.6) is 11.5 Å². The molecule has 6 heteroatoms. The number of carbonyl (C=O) groups excluding carboxylic acids is 1. The zero-order chi connectivity index (χ0) is 17.5. The monoisotopic (exact) mass is 360 g/mol. The van der Waals surface area contributed by atoms with Crippen LogP contribution >= 0.6 is 11.6 Å². The largest absolute Gasteiger partial charge is 0.454 e. The lowest BCUT2D eigenvalue weighted by molar-refractivity contribution is -0.121. The standard InChI is InChI=1S/C19H21ClN2O3/c20-16-4-1-14(2-5-16)7-9-21-10-8-19(23)22-12-15-3-6-17-18(11-15)25-13-24-17/h1-6,11,21H,7-10,12-13H2,(H,22,23). The number of hydrogen-bond donors (Lipinski definition) is 2. The van der Waals surface area contributed by atoms with E-state index in [9.17, 15) is 4.79 Å². The van der Waals surface area contributed by atoms with Gasteiger partial charge in [0.2, 0.25) is 12.7 Å². The quantitative estimate of drug-likeness (QED) is 0.711. The van der Waals surface area contributed by atoms with E-state index in [2.05, 4.69) is 10.6 Å². The molecule has 1 heterocycles. The van der Waals surface area contributed by atoms with Crippen molar-refractivity contribution in [3.05, 3.63) is 58.6 Å². The van der Waals surface area contributed by atoms with Gasteiger partial charge in [0.05, 0.1) is 0 Å². The summed E-state index contributed by atoms with van der Waals surface area (Å²) in [6.45, 7) is 2.23. The summed E-state index contributed by atoms with van der Waals surface area (Å²) in [5, 5.41) is 6.94. The van der Waals surface area contributed by atoms with Crippen molar-refractivity contribution in [3.8, 4) is 11.5 Å². The average Bonchev–Trinajstić information content (AvgIpc) is 3.09. The fourth-order valence-corrected chi connectivity index (χ4v) is 2.68. The molecule has 1 amide bonds. The Morgan fingerprint density at radius 3 is 2.60 bits per heavy atom. The summed E-state index contributed by atoms with van der Waals surface area (Å²) < 4.78 is 10.6. The highest BCUT2D eigenvalue weighted by atomic mass is 35.5. The average molecular weight is 361 g/mol. The van der Waals surface area contributed by atoms with Crippen LogP contribution in [0.1, 0.15) is 17.5 Å². The maximum absolute atomic E-state index is 11.9. The van der Waals surface area contributed by atoms with Crippen molar-refractivity contribution in [3.63, 3.8) is 0 Å². The van der Waals surface area contributed by atoms with Crippen LogP contribution in [-0.4, -0.2) is 25.8 Å². The summed E-state index contributed by atoms with van der Waals surface area (Å²) in [4.78, 5) is 11.9. The number of rotatable bonds is 8. The first-order valence-electron chi connectivity index (χ1n) is 8.31. The Balaban J connectivity index is 1.30. The van der Waals surface area contributed by atoms with Crippen molar-refractivity contribution in [2.45, 2.75) is 19.4 Å². The second-order valence-corrected chi connectivity index (χ2v) is 6.28. The van der Waals surface area contributed by atoms with Gasteiger partial charge >= 0.3 is 0 Å². The summed E-state index contributed by atoms with van der Waals surface area (Å²) in [5.74, 6) is 1.51. The number of carbonyl (C=O) groups is 1. The van der Waals surface area contributed by atoms with E-state index in [1.807, 2.05) is 42.5 Å². The maximum atomic E-state index is 11.9. The van der Waals surface area contributed by atoms with Gasteiger partial charge in [0.25, 0.3) is 0 Å². The lowest BCUT2D eigenvalue weighted by Gasteiger charge is -2.07. The Bertz CT molecular complexity index is 719. The fraction of sp³-hybridized carbons (Fsp3) is 0.316. The molecule has 0 fully saturated rings. The number of halogens is 1. The molecule has 0 aliphatic carbocycles. The number of hydrogen-bond acceptors (Lipinski definition) is 4. The van der Waals surface area contributed by atoms with E-state index in [0.717, 1.165) is 35.1 Å². The Labute approximate surface area is 152 Å². The van der Waals surface area contributed by atoms with E-state index < -0.39 is 0 Å². The Hall–Kier alpha value is -2.24. The number of nitrogens with one attached hydrogen (secondary N) is 2. The van der Waals surface area contributed by atoms with Crippen molar-refractivity contribution in [2.24, 2.45) is 0 Å². The molecule has 1 aliphatic rings. The number of ether oxygens (including phenoxy) is 2. The molecular formula is C19H21ClN2O3. The van der Waals surface area contributed by atoms with Crippen molar-refractivity contribution in [2.75, 3.05) is 19.9 Å². The van der Waals surface area contributed by atoms with Crippen molar-refractivity contribution in [1.82, 2.24) is 10.6 Å². The summed E-state index contributed by atoms with van der Waals surface area (Å²) in [6, 6.07) is 13.5. The normalized spacial score (nSPS) is 12.2. The molecule has 2 aromatic rings. The van der Waals surface area contributed by atoms with Crippen LogP contribution in [-0.2, 0) is 17.8 Å². The molecule has 0 saturated heterocycles. The highest BCUT2D eigenvalue weighted by Gasteiger charge is 2.13. The lowest BCUT2D eigenvalue weighted by atomic mass is 10.1. The molecule has 0 atom stereocenters. The van der Waals surface area contributed by atoms with Gasteiger partial charge in [-0.15, -0.1) is 0 Å². The van der Waals surface area contributed by atoms with Crippen LogP contribution in [0, 0.1) is 0 Å². The molecule has 0 saturated carbocycles. The second kappa shape index (κ2) is 8.74. The van der Waals surface area contributed by atoms with E-state index in [4.69, 9.17) is 21.1 Å². The van der Waals surface area contributed by atoms with Gasteiger partial charge in [0.1, 0.15) is 0 Å². The predicted molar refractivity (Wildman–Crippen MR) is 97.1 cm³/mol. The van der Waals surface area contributed by atoms with Gasteiger partial charge in [-0.3, -0.25) is 4.79 Å². The minimum Gasteiger partial charge on any atom is -0.454 e. The smallest absolute Gasteiger partial charge is 0.231 e. The van der Waals surface area contributed by atoms with Gasteiger partial charge in [0, 0.05) is 24.5 Å². The molecule has 2 aromatic carbocycles. The molecule has 0 radical (unpaired) electrons. The van der Waals surface area contributed by atoms with Crippen LogP contribution < -0.4 is 20.1 Å². The Kier molecular flexibility index (Phi) is 6.14. The lowest BCUT2D eigenvalue weighted by Crippen LogP contribution is -2.28. The van der Waals surface area contributed by atoms with Crippen LogP contribution in [0.2, 0.25) is 5.02 Å². The molecule has 1 aliphatic heterocycles. The summed E-state index contributed by atoms with van der Waals surface area (Å²) >= 11 is 5.86. The van der Waals surface area contributed by atoms with E-state index in [1.54, 1.807) is 0 Å². The fourth-order valence-electron chi connectivity index (χ4n) is 2.55. The Morgan fingerprint density at radius 2 is 1.76 bits per heavy atom. The van der Waals surface area contributed by atoms with Gasteiger partial charge in [-0.2, -0.15) is 0 Å². The molecule has 0 spiro atoms. The maximum Gasteiger partial charge on any atom is 0.231 e. The van der Waals surface area contributed by atoms with E-state index in [1.165, 1.54) is 5.56 Å². The van der Waals surface area contributed by atoms with Gasteiger partial charge in [-0.05, 0) is 48.4 Å². The second-order valence-electron chi connectivity index (χ2n) is 5.84. The van der Waals surface area contributed by atoms with Crippen LogP contribution in [0.3, 0.4) is 0 Å². The zero-order valence-electron chi connectivity index (χ0n) is 13.9. The molecule has 5 nitrogen and oxygen atoms in total. The molecule has 25 heavy (non-hydrogen) atoms. The van der Waals surface area contributed by atoms with Gasteiger partial charge in [-0.25, -0.2) is 0 Å². The van der Waals surface area contributed by atoms with Gasteiger partial charge in [0.15, 0.2) is 11.5 Å².